The Bertz CT molecular complexity index is 356. The van der Waals surface area contributed by atoms with Gasteiger partial charge in [-0.1, -0.05) is 12.1 Å². The van der Waals surface area contributed by atoms with Crippen LogP contribution in [0.4, 0.5) is 0 Å². The summed E-state index contributed by atoms with van der Waals surface area (Å²) in [7, 11) is 0. The van der Waals surface area contributed by atoms with Gasteiger partial charge < -0.3 is 9.47 Å². The van der Waals surface area contributed by atoms with E-state index in [2.05, 4.69) is 6.92 Å². The van der Waals surface area contributed by atoms with Crippen LogP contribution in [-0.2, 0) is 16.0 Å². The lowest BCUT2D eigenvalue weighted by atomic mass is 10.1. The molecule has 0 radical (unpaired) electrons. The Morgan fingerprint density at radius 2 is 2.00 bits per heavy atom. The normalized spacial score (nSPS) is 23.6. The van der Waals surface area contributed by atoms with Gasteiger partial charge in [0, 0.05) is 13.3 Å². The first-order valence-corrected chi connectivity index (χ1v) is 5.08. The number of rotatable bonds is 3. The highest BCUT2D eigenvalue weighted by atomic mass is 16.6. The summed E-state index contributed by atoms with van der Waals surface area (Å²) in [6.45, 7) is 3.46. The topological polar surface area (TPSA) is 38.8 Å². The highest BCUT2D eigenvalue weighted by molar-refractivity contribution is 5.69. The molecule has 2 unspecified atom stereocenters. The Labute approximate surface area is 89.0 Å². The van der Waals surface area contributed by atoms with Crippen molar-refractivity contribution in [1.82, 2.24) is 0 Å². The molecule has 0 saturated carbocycles. The second kappa shape index (κ2) is 4.03. The standard InChI is InChI=1S/C12H14O3/c1-8-12(14-8)7-10-3-5-11(6-4-10)15-9(2)13/h3-6,8,12H,7H2,1-2H3. The molecular weight excluding hydrogens is 192 g/mol. The van der Waals surface area contributed by atoms with Gasteiger partial charge in [0.2, 0.25) is 0 Å². The third-order valence-corrected chi connectivity index (χ3v) is 2.46. The largest absolute Gasteiger partial charge is 0.427 e. The van der Waals surface area contributed by atoms with Gasteiger partial charge >= 0.3 is 5.97 Å². The number of hydrogen-bond acceptors (Lipinski definition) is 3. The van der Waals surface area contributed by atoms with Crippen molar-refractivity contribution >= 4 is 5.97 Å². The highest BCUT2D eigenvalue weighted by Gasteiger charge is 2.33. The van der Waals surface area contributed by atoms with E-state index in [0.717, 1.165) is 6.42 Å². The fraction of sp³-hybridized carbons (Fsp3) is 0.417. The molecule has 1 fully saturated rings. The molecule has 1 aromatic rings. The molecule has 3 heteroatoms. The molecule has 15 heavy (non-hydrogen) atoms. The van der Waals surface area contributed by atoms with Crippen molar-refractivity contribution in [2.45, 2.75) is 32.5 Å². The van der Waals surface area contributed by atoms with Gasteiger partial charge in [0.1, 0.15) is 5.75 Å². The van der Waals surface area contributed by atoms with E-state index in [4.69, 9.17) is 9.47 Å². The van der Waals surface area contributed by atoms with Crippen molar-refractivity contribution < 1.29 is 14.3 Å². The first kappa shape index (κ1) is 10.2. The van der Waals surface area contributed by atoms with Crippen LogP contribution >= 0.6 is 0 Å². The number of hydrogen-bond donors (Lipinski definition) is 0. The second-order valence-electron chi connectivity index (χ2n) is 3.82. The average Bonchev–Trinajstić information content (AvgIpc) is 2.84. The van der Waals surface area contributed by atoms with Crippen LogP contribution in [-0.4, -0.2) is 18.2 Å². The highest BCUT2D eigenvalue weighted by Crippen LogP contribution is 2.25. The summed E-state index contributed by atoms with van der Waals surface area (Å²) in [6, 6.07) is 7.55. The minimum atomic E-state index is -0.290. The summed E-state index contributed by atoms with van der Waals surface area (Å²) in [6.07, 6.45) is 1.68. The summed E-state index contributed by atoms with van der Waals surface area (Å²) in [4.78, 5) is 10.7. The summed E-state index contributed by atoms with van der Waals surface area (Å²) in [5.74, 6) is 0.304. The Morgan fingerprint density at radius 1 is 1.40 bits per heavy atom. The van der Waals surface area contributed by atoms with E-state index < -0.39 is 0 Å². The monoisotopic (exact) mass is 206 g/mol. The predicted molar refractivity (Wildman–Crippen MR) is 55.8 cm³/mol. The second-order valence-corrected chi connectivity index (χ2v) is 3.82. The molecular formula is C12H14O3. The number of ether oxygens (including phenoxy) is 2. The first-order chi connectivity index (χ1) is 7.15. The van der Waals surface area contributed by atoms with Gasteiger partial charge in [0.05, 0.1) is 12.2 Å². The van der Waals surface area contributed by atoms with E-state index in [0.29, 0.717) is 18.0 Å². The minimum absolute atomic E-state index is 0.290. The van der Waals surface area contributed by atoms with Crippen molar-refractivity contribution in [2.75, 3.05) is 0 Å². The summed E-state index contributed by atoms with van der Waals surface area (Å²) >= 11 is 0. The van der Waals surface area contributed by atoms with E-state index in [1.54, 1.807) is 0 Å². The minimum Gasteiger partial charge on any atom is -0.427 e. The number of epoxide rings is 1. The average molecular weight is 206 g/mol. The van der Waals surface area contributed by atoms with Crippen molar-refractivity contribution in [1.29, 1.82) is 0 Å². The van der Waals surface area contributed by atoms with Gasteiger partial charge in [-0.05, 0) is 24.6 Å². The zero-order valence-corrected chi connectivity index (χ0v) is 8.90. The van der Waals surface area contributed by atoms with Gasteiger partial charge in [0.15, 0.2) is 0 Å². The lowest BCUT2D eigenvalue weighted by Crippen LogP contribution is -2.01. The molecule has 3 nitrogen and oxygen atoms in total. The van der Waals surface area contributed by atoms with E-state index in [-0.39, 0.29) is 5.97 Å². The van der Waals surface area contributed by atoms with Crippen LogP contribution in [0.5, 0.6) is 5.75 Å². The maximum absolute atomic E-state index is 10.7. The van der Waals surface area contributed by atoms with Gasteiger partial charge in [0.25, 0.3) is 0 Å². The van der Waals surface area contributed by atoms with Crippen LogP contribution in [0, 0.1) is 0 Å². The van der Waals surface area contributed by atoms with Gasteiger partial charge in [-0.3, -0.25) is 4.79 Å². The molecule has 2 rings (SSSR count). The van der Waals surface area contributed by atoms with Crippen molar-refractivity contribution in [3.05, 3.63) is 29.8 Å². The molecule has 0 N–H and O–H groups in total. The third-order valence-electron chi connectivity index (χ3n) is 2.46. The van der Waals surface area contributed by atoms with E-state index >= 15 is 0 Å². The molecule has 0 aliphatic carbocycles. The Morgan fingerprint density at radius 3 is 2.47 bits per heavy atom. The molecule has 1 saturated heterocycles. The maximum Gasteiger partial charge on any atom is 0.308 e. The summed E-state index contributed by atoms with van der Waals surface area (Å²) in [5.41, 5.74) is 1.21. The van der Waals surface area contributed by atoms with Crippen molar-refractivity contribution in [3.63, 3.8) is 0 Å². The number of esters is 1. The quantitative estimate of drug-likeness (QED) is 0.431. The summed E-state index contributed by atoms with van der Waals surface area (Å²) in [5, 5.41) is 0. The Balaban J connectivity index is 1.94. The predicted octanol–water partition coefficient (Wildman–Crippen LogP) is 1.94. The van der Waals surface area contributed by atoms with E-state index in [1.807, 2.05) is 24.3 Å². The van der Waals surface area contributed by atoms with Gasteiger partial charge in [-0.25, -0.2) is 0 Å². The molecule has 0 bridgehead atoms. The smallest absolute Gasteiger partial charge is 0.308 e. The first-order valence-electron chi connectivity index (χ1n) is 5.08. The zero-order valence-electron chi connectivity index (χ0n) is 8.90. The fourth-order valence-electron chi connectivity index (χ4n) is 1.54. The molecule has 1 heterocycles. The fourth-order valence-corrected chi connectivity index (χ4v) is 1.54. The van der Waals surface area contributed by atoms with Crippen LogP contribution in [0.2, 0.25) is 0 Å². The van der Waals surface area contributed by atoms with Gasteiger partial charge in [-0.2, -0.15) is 0 Å². The molecule has 1 aromatic carbocycles. The SMILES string of the molecule is CC(=O)Oc1ccc(CC2OC2C)cc1. The van der Waals surface area contributed by atoms with Crippen LogP contribution in [0.3, 0.4) is 0 Å². The maximum atomic E-state index is 10.7. The molecule has 0 spiro atoms. The zero-order chi connectivity index (χ0) is 10.8. The molecule has 1 aliphatic rings. The van der Waals surface area contributed by atoms with Crippen LogP contribution in [0.25, 0.3) is 0 Å². The van der Waals surface area contributed by atoms with Crippen LogP contribution < -0.4 is 4.74 Å². The lowest BCUT2D eigenvalue weighted by molar-refractivity contribution is -0.131. The molecule has 2 atom stereocenters. The molecule has 80 valence electrons. The molecule has 0 aromatic heterocycles. The van der Waals surface area contributed by atoms with Crippen LogP contribution in [0.1, 0.15) is 19.4 Å². The van der Waals surface area contributed by atoms with Crippen molar-refractivity contribution in [3.8, 4) is 5.75 Å². The van der Waals surface area contributed by atoms with Gasteiger partial charge in [-0.15, -0.1) is 0 Å². The van der Waals surface area contributed by atoms with E-state index in [9.17, 15) is 4.79 Å². The summed E-state index contributed by atoms with van der Waals surface area (Å²) < 4.78 is 10.3. The Kier molecular flexibility index (Phi) is 2.73. The number of benzene rings is 1. The number of carbonyl (C=O) groups is 1. The molecule has 0 amide bonds. The number of carbonyl (C=O) groups excluding carboxylic acids is 1. The van der Waals surface area contributed by atoms with Crippen molar-refractivity contribution in [2.24, 2.45) is 0 Å². The lowest BCUT2D eigenvalue weighted by Gasteiger charge is -2.02. The van der Waals surface area contributed by atoms with Crippen LogP contribution in [0.15, 0.2) is 24.3 Å². The Hall–Kier alpha value is -1.35. The van der Waals surface area contributed by atoms with E-state index in [1.165, 1.54) is 12.5 Å². The molecule has 1 aliphatic heterocycles. The third kappa shape index (κ3) is 2.80.